The van der Waals surface area contributed by atoms with E-state index in [1.807, 2.05) is 25.4 Å². The molecule has 172 valence electrons. The smallest absolute Gasteiger partial charge is 0.411 e. The first-order valence-electron chi connectivity index (χ1n) is 11.2. The highest BCUT2D eigenvalue weighted by molar-refractivity contribution is 5.87. The number of ether oxygens (including phenoxy) is 1. The second-order valence-corrected chi connectivity index (χ2v) is 9.34. The molecule has 2 unspecified atom stereocenters. The van der Waals surface area contributed by atoms with Gasteiger partial charge in [0.05, 0.1) is 36.1 Å². The van der Waals surface area contributed by atoms with Gasteiger partial charge in [-0.2, -0.15) is 5.26 Å². The average molecular weight is 448 g/mol. The standard InChI is InChI=1S/C25H29N5O3/c1-17-6-9-21(23(28-17)33-3)30(24(31)32)14-19-5-4-10-25(2,12-19)15-29-16-27-20-8-7-18(13-26)11-22(20)29/h6-9,11,16,19H,4-5,10,12,14-15H2,1-3H3,(H,31,32). The van der Waals surface area contributed by atoms with Crippen LogP contribution in [0.25, 0.3) is 11.0 Å². The van der Waals surface area contributed by atoms with Crippen LogP contribution >= 0.6 is 0 Å². The molecule has 0 bridgehead atoms. The number of methoxy groups -OCH3 is 1. The third-order valence-electron chi connectivity index (χ3n) is 6.61. The number of rotatable bonds is 6. The maximum atomic E-state index is 12.2. The minimum Gasteiger partial charge on any atom is -0.480 e. The van der Waals surface area contributed by atoms with E-state index in [-0.39, 0.29) is 11.3 Å². The van der Waals surface area contributed by atoms with Gasteiger partial charge >= 0.3 is 6.09 Å². The molecule has 1 amide bonds. The third-order valence-corrected chi connectivity index (χ3v) is 6.61. The van der Waals surface area contributed by atoms with Gasteiger partial charge in [0.15, 0.2) is 0 Å². The number of anilines is 1. The van der Waals surface area contributed by atoms with Crippen LogP contribution in [0.4, 0.5) is 10.5 Å². The van der Waals surface area contributed by atoms with Crippen LogP contribution < -0.4 is 9.64 Å². The number of nitrogens with zero attached hydrogens (tertiary/aromatic N) is 5. The number of hydrogen-bond acceptors (Lipinski definition) is 5. The van der Waals surface area contributed by atoms with Crippen molar-refractivity contribution in [1.29, 1.82) is 5.26 Å². The van der Waals surface area contributed by atoms with Crippen molar-refractivity contribution in [2.45, 2.75) is 46.1 Å². The first kappa shape index (κ1) is 22.6. The SMILES string of the molecule is COc1nc(C)ccc1N(CC1CCCC(C)(Cn2cnc3ccc(C#N)cc32)C1)C(=O)O. The lowest BCUT2D eigenvalue weighted by Gasteiger charge is -2.40. The number of hydrogen-bond donors (Lipinski definition) is 1. The fraction of sp³-hybridized carbons (Fsp3) is 0.440. The average Bonchev–Trinajstić information content (AvgIpc) is 3.18. The summed E-state index contributed by atoms with van der Waals surface area (Å²) in [5.41, 5.74) is 3.71. The Labute approximate surface area is 193 Å². The summed E-state index contributed by atoms with van der Waals surface area (Å²) in [5.74, 6) is 0.546. The monoisotopic (exact) mass is 447 g/mol. The topological polar surface area (TPSA) is 104 Å². The molecule has 0 saturated heterocycles. The molecule has 8 heteroatoms. The molecule has 1 saturated carbocycles. The molecule has 8 nitrogen and oxygen atoms in total. The molecule has 1 aromatic carbocycles. The lowest BCUT2D eigenvalue weighted by atomic mass is 9.70. The van der Waals surface area contributed by atoms with Crippen LogP contribution in [0.2, 0.25) is 0 Å². The number of aromatic nitrogens is 3. The lowest BCUT2D eigenvalue weighted by Crippen LogP contribution is -2.39. The van der Waals surface area contributed by atoms with E-state index in [4.69, 9.17) is 4.74 Å². The van der Waals surface area contributed by atoms with Gasteiger partial charge < -0.3 is 14.4 Å². The number of carbonyl (C=O) groups is 1. The van der Waals surface area contributed by atoms with E-state index in [9.17, 15) is 15.2 Å². The molecule has 0 radical (unpaired) electrons. The summed E-state index contributed by atoms with van der Waals surface area (Å²) in [5, 5.41) is 19.2. The summed E-state index contributed by atoms with van der Waals surface area (Å²) < 4.78 is 7.49. The summed E-state index contributed by atoms with van der Waals surface area (Å²) in [6.45, 7) is 5.29. The highest BCUT2D eigenvalue weighted by Crippen LogP contribution is 2.42. The van der Waals surface area contributed by atoms with Gasteiger partial charge in [-0.3, -0.25) is 4.90 Å². The Kier molecular flexibility index (Phi) is 6.23. The fourth-order valence-electron chi connectivity index (χ4n) is 5.10. The zero-order valence-corrected chi connectivity index (χ0v) is 19.3. The quantitative estimate of drug-likeness (QED) is 0.570. The molecule has 4 rings (SSSR count). The number of amides is 1. The highest BCUT2D eigenvalue weighted by Gasteiger charge is 2.35. The lowest BCUT2D eigenvalue weighted by molar-refractivity contribution is 0.136. The Balaban J connectivity index is 1.54. The summed E-state index contributed by atoms with van der Waals surface area (Å²) in [7, 11) is 1.51. The molecule has 2 atom stereocenters. The van der Waals surface area contributed by atoms with Crippen LogP contribution in [-0.2, 0) is 6.54 Å². The van der Waals surface area contributed by atoms with Gasteiger partial charge in [0.25, 0.3) is 0 Å². The minimum absolute atomic E-state index is 0.00101. The van der Waals surface area contributed by atoms with Crippen molar-refractivity contribution in [1.82, 2.24) is 14.5 Å². The maximum Gasteiger partial charge on any atom is 0.411 e. The van der Waals surface area contributed by atoms with Gasteiger partial charge in [-0.15, -0.1) is 0 Å². The molecule has 2 heterocycles. The van der Waals surface area contributed by atoms with Crippen molar-refractivity contribution in [3.05, 3.63) is 47.9 Å². The summed E-state index contributed by atoms with van der Waals surface area (Å²) >= 11 is 0. The van der Waals surface area contributed by atoms with Crippen molar-refractivity contribution >= 4 is 22.8 Å². The van der Waals surface area contributed by atoms with Crippen molar-refractivity contribution in [2.75, 3.05) is 18.6 Å². The number of carboxylic acid groups (broad SMARTS) is 1. The van der Waals surface area contributed by atoms with E-state index in [1.54, 1.807) is 18.2 Å². The Bertz CT molecular complexity index is 1210. The predicted octanol–water partition coefficient (Wildman–Crippen LogP) is 5.00. The van der Waals surface area contributed by atoms with E-state index in [1.165, 1.54) is 12.0 Å². The second-order valence-electron chi connectivity index (χ2n) is 9.34. The molecular formula is C25H29N5O3. The van der Waals surface area contributed by atoms with Crippen LogP contribution in [0, 0.1) is 29.6 Å². The van der Waals surface area contributed by atoms with E-state index in [0.29, 0.717) is 23.7 Å². The van der Waals surface area contributed by atoms with Crippen molar-refractivity contribution in [2.24, 2.45) is 11.3 Å². The maximum absolute atomic E-state index is 12.2. The Morgan fingerprint density at radius 2 is 2.21 bits per heavy atom. The fourth-order valence-corrected chi connectivity index (χ4v) is 5.10. The van der Waals surface area contributed by atoms with Gasteiger partial charge in [0.1, 0.15) is 5.69 Å². The summed E-state index contributed by atoms with van der Waals surface area (Å²) in [6.07, 6.45) is 4.81. The summed E-state index contributed by atoms with van der Waals surface area (Å²) in [4.78, 5) is 22.4. The number of fused-ring (bicyclic) bond motifs is 1. The van der Waals surface area contributed by atoms with E-state index >= 15 is 0 Å². The number of imidazole rings is 1. The highest BCUT2D eigenvalue weighted by atomic mass is 16.5. The van der Waals surface area contributed by atoms with Crippen molar-refractivity contribution < 1.29 is 14.6 Å². The first-order chi connectivity index (χ1) is 15.8. The normalized spacial score (nSPS) is 20.4. The van der Waals surface area contributed by atoms with Crippen LogP contribution in [-0.4, -0.2) is 39.4 Å². The van der Waals surface area contributed by atoms with Gasteiger partial charge in [-0.05, 0) is 67.9 Å². The molecule has 2 aromatic heterocycles. The van der Waals surface area contributed by atoms with Crippen molar-refractivity contribution in [3.8, 4) is 11.9 Å². The molecule has 1 aliphatic rings. The molecular weight excluding hydrogens is 418 g/mol. The van der Waals surface area contributed by atoms with Crippen LogP contribution in [0.3, 0.4) is 0 Å². The second kappa shape index (κ2) is 9.10. The molecule has 3 aromatic rings. The van der Waals surface area contributed by atoms with Gasteiger partial charge in [-0.1, -0.05) is 13.3 Å². The Hall–Kier alpha value is -3.60. The van der Waals surface area contributed by atoms with E-state index in [2.05, 4.69) is 27.5 Å². The minimum atomic E-state index is -1.00. The molecule has 1 fully saturated rings. The molecule has 0 aliphatic heterocycles. The molecule has 1 N–H and O–H groups in total. The zero-order valence-electron chi connectivity index (χ0n) is 19.3. The van der Waals surface area contributed by atoms with Crippen LogP contribution in [0.1, 0.15) is 43.9 Å². The molecule has 0 spiro atoms. The molecule has 1 aliphatic carbocycles. The van der Waals surface area contributed by atoms with Gasteiger partial charge in [0, 0.05) is 18.8 Å². The van der Waals surface area contributed by atoms with E-state index < -0.39 is 6.09 Å². The molecule has 33 heavy (non-hydrogen) atoms. The largest absolute Gasteiger partial charge is 0.480 e. The van der Waals surface area contributed by atoms with Crippen LogP contribution in [0.5, 0.6) is 5.88 Å². The Morgan fingerprint density at radius 1 is 1.39 bits per heavy atom. The summed E-state index contributed by atoms with van der Waals surface area (Å²) in [6, 6.07) is 11.3. The third kappa shape index (κ3) is 4.77. The van der Waals surface area contributed by atoms with Crippen molar-refractivity contribution in [3.63, 3.8) is 0 Å². The number of pyridine rings is 1. The van der Waals surface area contributed by atoms with Gasteiger partial charge in [0.2, 0.25) is 5.88 Å². The zero-order chi connectivity index (χ0) is 23.6. The van der Waals surface area contributed by atoms with E-state index in [0.717, 1.165) is 49.0 Å². The van der Waals surface area contributed by atoms with Crippen LogP contribution in [0.15, 0.2) is 36.7 Å². The number of aryl methyl sites for hydroxylation is 1. The Morgan fingerprint density at radius 3 is 2.94 bits per heavy atom. The van der Waals surface area contributed by atoms with Gasteiger partial charge in [-0.25, -0.2) is 14.8 Å². The number of benzene rings is 1. The first-order valence-corrected chi connectivity index (χ1v) is 11.2. The predicted molar refractivity (Wildman–Crippen MR) is 125 cm³/mol. The number of nitriles is 1.